The Balaban J connectivity index is 1.96. The van der Waals surface area contributed by atoms with Crippen LogP contribution >= 0.6 is 0 Å². The highest BCUT2D eigenvalue weighted by atomic mass is 16.5. The maximum Gasteiger partial charge on any atom is 0.224 e. The van der Waals surface area contributed by atoms with E-state index in [1.165, 1.54) is 6.33 Å². The van der Waals surface area contributed by atoms with Crippen LogP contribution in [0.1, 0.15) is 12.6 Å². The number of aromatic nitrogens is 4. The standard InChI is InChI=1S/C12H17N9O3/c13-12-17-10(15-1-2-22)9-11(18-12)21(5-16-9)8-3-6(19-20-14)7(4-23)24-8/h5-8,22-23H,1-4H2,(H3,13,15,17,18)/t6?,7-,8-/m1/s1. The largest absolute Gasteiger partial charge is 0.395 e. The van der Waals surface area contributed by atoms with Gasteiger partial charge in [-0.3, -0.25) is 4.57 Å². The van der Waals surface area contributed by atoms with Crippen molar-refractivity contribution in [3.63, 3.8) is 0 Å². The van der Waals surface area contributed by atoms with Crippen LogP contribution in [-0.2, 0) is 4.74 Å². The molecule has 0 saturated carbocycles. The average Bonchev–Trinajstić information content (AvgIpc) is 3.16. The van der Waals surface area contributed by atoms with Crippen molar-refractivity contribution in [2.45, 2.75) is 24.8 Å². The molecule has 1 fully saturated rings. The monoisotopic (exact) mass is 335 g/mol. The van der Waals surface area contributed by atoms with E-state index in [9.17, 15) is 5.11 Å². The van der Waals surface area contributed by atoms with Crippen LogP contribution in [0.15, 0.2) is 11.4 Å². The van der Waals surface area contributed by atoms with E-state index in [0.717, 1.165) is 0 Å². The maximum atomic E-state index is 9.36. The summed E-state index contributed by atoms with van der Waals surface area (Å²) in [6.45, 7) is -0.0268. The number of azide groups is 1. The topological polar surface area (TPSA) is 180 Å². The van der Waals surface area contributed by atoms with Crippen LogP contribution < -0.4 is 11.1 Å². The van der Waals surface area contributed by atoms with E-state index in [0.29, 0.717) is 29.9 Å². The summed E-state index contributed by atoms with van der Waals surface area (Å²) in [4.78, 5) is 15.3. The summed E-state index contributed by atoms with van der Waals surface area (Å²) in [5.74, 6) is 0.460. The van der Waals surface area contributed by atoms with Gasteiger partial charge in [-0.15, -0.1) is 0 Å². The third-order valence-corrected chi connectivity index (χ3v) is 3.74. The molecule has 0 aliphatic carbocycles. The number of hydrogen-bond donors (Lipinski definition) is 4. The molecule has 1 aliphatic heterocycles. The van der Waals surface area contributed by atoms with E-state index in [2.05, 4.69) is 30.3 Å². The summed E-state index contributed by atoms with van der Waals surface area (Å²) in [5, 5.41) is 24.9. The van der Waals surface area contributed by atoms with Gasteiger partial charge in [0.05, 0.1) is 31.7 Å². The first-order valence-electron chi connectivity index (χ1n) is 7.33. The molecule has 24 heavy (non-hydrogen) atoms. The molecule has 12 nitrogen and oxygen atoms in total. The zero-order valence-corrected chi connectivity index (χ0v) is 12.6. The number of hydrogen-bond acceptors (Lipinski definition) is 9. The van der Waals surface area contributed by atoms with Crippen molar-refractivity contribution in [3.8, 4) is 0 Å². The summed E-state index contributed by atoms with van der Waals surface area (Å²) < 4.78 is 7.40. The lowest BCUT2D eigenvalue weighted by molar-refractivity contribution is -0.0232. The number of nitrogens with two attached hydrogens (primary N) is 1. The molecule has 3 atom stereocenters. The van der Waals surface area contributed by atoms with Gasteiger partial charge < -0.3 is 26.0 Å². The van der Waals surface area contributed by atoms with Gasteiger partial charge in [-0.05, 0) is 5.53 Å². The van der Waals surface area contributed by atoms with Crippen molar-refractivity contribution >= 4 is 22.9 Å². The van der Waals surface area contributed by atoms with Crippen LogP contribution in [0.3, 0.4) is 0 Å². The quantitative estimate of drug-likeness (QED) is 0.317. The van der Waals surface area contributed by atoms with Crippen molar-refractivity contribution in [1.29, 1.82) is 0 Å². The summed E-state index contributed by atoms with van der Waals surface area (Å²) in [6, 6.07) is -0.478. The van der Waals surface area contributed by atoms with E-state index in [1.54, 1.807) is 4.57 Å². The van der Waals surface area contributed by atoms with Gasteiger partial charge in [0.25, 0.3) is 0 Å². The Hall–Kier alpha value is -2.66. The van der Waals surface area contributed by atoms with Crippen LogP contribution in [0.5, 0.6) is 0 Å². The molecular weight excluding hydrogens is 318 g/mol. The third kappa shape index (κ3) is 2.90. The summed E-state index contributed by atoms with van der Waals surface area (Å²) in [5.41, 5.74) is 15.3. The second-order valence-electron chi connectivity index (χ2n) is 5.22. The Labute approximate surface area is 135 Å². The zero-order chi connectivity index (χ0) is 17.1. The average molecular weight is 335 g/mol. The van der Waals surface area contributed by atoms with Crippen molar-refractivity contribution in [2.75, 3.05) is 30.8 Å². The minimum absolute atomic E-state index is 0.0491. The summed E-state index contributed by atoms with van der Waals surface area (Å²) in [7, 11) is 0. The molecule has 128 valence electrons. The smallest absolute Gasteiger partial charge is 0.224 e. The number of fused-ring (bicyclic) bond motifs is 1. The van der Waals surface area contributed by atoms with Gasteiger partial charge in [0, 0.05) is 17.9 Å². The molecule has 2 aromatic heterocycles. The summed E-state index contributed by atoms with van der Waals surface area (Å²) in [6.07, 6.45) is 0.821. The number of aliphatic hydroxyl groups excluding tert-OH is 2. The highest BCUT2D eigenvalue weighted by Gasteiger charge is 2.36. The molecule has 3 heterocycles. The second kappa shape index (κ2) is 6.84. The van der Waals surface area contributed by atoms with E-state index >= 15 is 0 Å². The van der Waals surface area contributed by atoms with Gasteiger partial charge in [0.2, 0.25) is 5.95 Å². The van der Waals surface area contributed by atoms with Gasteiger partial charge in [-0.25, -0.2) is 4.98 Å². The van der Waals surface area contributed by atoms with Gasteiger partial charge in [-0.1, -0.05) is 5.11 Å². The molecule has 12 heteroatoms. The summed E-state index contributed by atoms with van der Waals surface area (Å²) >= 11 is 0. The molecule has 0 bridgehead atoms. The Bertz CT molecular complexity index is 772. The van der Waals surface area contributed by atoms with Crippen LogP contribution in [-0.4, -0.2) is 61.6 Å². The first-order chi connectivity index (χ1) is 11.7. The highest BCUT2D eigenvalue weighted by Crippen LogP contribution is 2.33. The van der Waals surface area contributed by atoms with E-state index in [1.807, 2.05) is 0 Å². The predicted octanol–water partition coefficient (Wildman–Crippen LogP) is -0.229. The number of anilines is 2. The molecule has 0 spiro atoms. The Morgan fingerprint density at radius 2 is 2.33 bits per heavy atom. The van der Waals surface area contributed by atoms with Gasteiger partial charge in [0.15, 0.2) is 17.0 Å². The molecule has 1 saturated heterocycles. The fourth-order valence-corrected chi connectivity index (χ4v) is 2.68. The molecule has 3 rings (SSSR count). The first kappa shape index (κ1) is 16.2. The van der Waals surface area contributed by atoms with Crippen molar-refractivity contribution in [1.82, 2.24) is 19.5 Å². The molecule has 0 radical (unpaired) electrons. The van der Waals surface area contributed by atoms with Gasteiger partial charge in [-0.2, -0.15) is 9.97 Å². The van der Waals surface area contributed by atoms with Crippen LogP contribution in [0.25, 0.3) is 21.6 Å². The Kier molecular flexibility index (Phi) is 4.62. The Morgan fingerprint density at radius 1 is 1.50 bits per heavy atom. The molecule has 0 amide bonds. The van der Waals surface area contributed by atoms with Crippen molar-refractivity contribution < 1.29 is 14.9 Å². The van der Waals surface area contributed by atoms with E-state index < -0.39 is 18.4 Å². The van der Waals surface area contributed by atoms with Crippen LogP contribution in [0, 0.1) is 0 Å². The molecule has 0 aromatic carbocycles. The van der Waals surface area contributed by atoms with Crippen LogP contribution in [0.4, 0.5) is 11.8 Å². The number of imidazole rings is 1. The van der Waals surface area contributed by atoms with E-state index in [-0.39, 0.29) is 19.2 Å². The molecule has 1 unspecified atom stereocenters. The number of ether oxygens (including phenoxy) is 1. The lowest BCUT2D eigenvalue weighted by Gasteiger charge is -2.14. The minimum atomic E-state index is -0.588. The number of nitrogen functional groups attached to an aromatic ring is 1. The van der Waals surface area contributed by atoms with Crippen molar-refractivity contribution in [2.24, 2.45) is 5.11 Å². The number of nitrogens with zero attached hydrogens (tertiary/aromatic N) is 7. The molecule has 1 aliphatic rings. The molecule has 5 N–H and O–H groups in total. The first-order valence-corrected chi connectivity index (χ1v) is 7.33. The normalized spacial score (nSPS) is 23.3. The SMILES string of the molecule is [N-]=[N+]=NC1C[C@H](n2cnc3c(NCCO)nc(N)nc32)O[C@@H]1CO. The van der Waals surface area contributed by atoms with Crippen molar-refractivity contribution in [3.05, 3.63) is 16.8 Å². The van der Waals surface area contributed by atoms with Gasteiger partial charge >= 0.3 is 0 Å². The molecule has 2 aromatic rings. The third-order valence-electron chi connectivity index (χ3n) is 3.74. The minimum Gasteiger partial charge on any atom is -0.395 e. The number of nitrogens with one attached hydrogen (secondary N) is 1. The maximum absolute atomic E-state index is 9.36. The van der Waals surface area contributed by atoms with Crippen LogP contribution in [0.2, 0.25) is 0 Å². The fourth-order valence-electron chi connectivity index (χ4n) is 2.68. The predicted molar refractivity (Wildman–Crippen MR) is 83.9 cm³/mol. The second-order valence-corrected chi connectivity index (χ2v) is 5.22. The van der Waals surface area contributed by atoms with Gasteiger partial charge in [0.1, 0.15) is 6.23 Å². The number of aliphatic hydroxyl groups is 2. The molecular formula is C12H17N9O3. The highest BCUT2D eigenvalue weighted by molar-refractivity contribution is 5.84. The number of rotatable bonds is 6. The Morgan fingerprint density at radius 3 is 3.04 bits per heavy atom. The lowest BCUT2D eigenvalue weighted by Crippen LogP contribution is -2.22. The fraction of sp³-hybridized carbons (Fsp3) is 0.583. The lowest BCUT2D eigenvalue weighted by atomic mass is 10.1. The van der Waals surface area contributed by atoms with E-state index in [4.69, 9.17) is 21.1 Å². The zero-order valence-electron chi connectivity index (χ0n) is 12.6.